The van der Waals surface area contributed by atoms with Gasteiger partial charge in [-0.1, -0.05) is 31.5 Å². The van der Waals surface area contributed by atoms with Gasteiger partial charge in [0.05, 0.1) is 5.52 Å². The average molecular weight is 404 g/mol. The van der Waals surface area contributed by atoms with E-state index in [9.17, 15) is 8.42 Å². The van der Waals surface area contributed by atoms with Gasteiger partial charge in [-0.3, -0.25) is 8.94 Å². The number of aromatic nitrogens is 2. The summed E-state index contributed by atoms with van der Waals surface area (Å²) in [6.45, 7) is 8.42. The fraction of sp³-hybridized carbons (Fsp3) is 0.400. The second kappa shape index (κ2) is 7.56. The van der Waals surface area contributed by atoms with Crippen molar-refractivity contribution in [3.8, 4) is 0 Å². The van der Waals surface area contributed by atoms with Crippen LogP contribution in [0.15, 0.2) is 52.0 Å². The second-order valence-electron chi connectivity index (χ2n) is 7.55. The van der Waals surface area contributed by atoms with Crippen molar-refractivity contribution >= 4 is 32.5 Å². The molecule has 0 bridgehead atoms. The maximum Gasteiger partial charge on any atom is 0.285 e. The van der Waals surface area contributed by atoms with E-state index in [2.05, 4.69) is 41.0 Å². The van der Waals surface area contributed by atoms with E-state index in [1.165, 1.54) is 11.5 Å². The molecule has 0 radical (unpaired) electrons. The topological polar surface area (TPSA) is 64.3 Å². The van der Waals surface area contributed by atoms with E-state index in [4.69, 9.17) is 0 Å². The Morgan fingerprint density at radius 3 is 2.63 bits per heavy atom. The molecular weight excluding hydrogens is 378 g/mol. The monoisotopic (exact) mass is 403 g/mol. The van der Waals surface area contributed by atoms with Crippen LogP contribution < -0.4 is 4.67 Å². The first-order valence-electron chi connectivity index (χ1n) is 9.09. The predicted octanol–water partition coefficient (Wildman–Crippen LogP) is 4.49. The molecule has 0 spiro atoms. The Morgan fingerprint density at radius 1 is 1.19 bits per heavy atom. The van der Waals surface area contributed by atoms with Gasteiger partial charge in [-0.15, -0.1) is 4.40 Å². The summed E-state index contributed by atoms with van der Waals surface area (Å²) in [5.74, 6) is 0. The Hall–Kier alpha value is -1.99. The van der Waals surface area contributed by atoms with Crippen LogP contribution in [-0.4, -0.2) is 17.4 Å². The Kier molecular flexibility index (Phi) is 5.53. The lowest BCUT2D eigenvalue weighted by atomic mass is 10.1. The lowest BCUT2D eigenvalue weighted by Crippen LogP contribution is -2.18. The maximum atomic E-state index is 13.1. The summed E-state index contributed by atoms with van der Waals surface area (Å²) in [4.78, 5) is 4.42. The Labute approximate surface area is 164 Å². The van der Waals surface area contributed by atoms with Crippen LogP contribution in [0.5, 0.6) is 0 Å². The van der Waals surface area contributed by atoms with Gasteiger partial charge in [0.2, 0.25) is 0 Å². The zero-order chi connectivity index (χ0) is 19.7. The van der Waals surface area contributed by atoms with Crippen LogP contribution in [-0.2, 0) is 22.0 Å². The van der Waals surface area contributed by atoms with Gasteiger partial charge in [0.1, 0.15) is 4.90 Å². The molecule has 0 saturated heterocycles. The molecule has 7 heteroatoms. The van der Waals surface area contributed by atoms with Crippen molar-refractivity contribution in [2.24, 2.45) is 4.40 Å². The highest BCUT2D eigenvalue weighted by Crippen LogP contribution is 2.23. The lowest BCUT2D eigenvalue weighted by Gasteiger charge is -2.19. The van der Waals surface area contributed by atoms with Crippen LogP contribution in [0.4, 0.5) is 0 Å². The fourth-order valence-corrected chi connectivity index (χ4v) is 5.20. The minimum absolute atomic E-state index is 0.121. The first-order valence-corrected chi connectivity index (χ1v) is 11.3. The van der Waals surface area contributed by atoms with Gasteiger partial charge in [0.25, 0.3) is 10.0 Å². The quantitative estimate of drug-likeness (QED) is 0.631. The summed E-state index contributed by atoms with van der Waals surface area (Å²) in [5.41, 5.74) is 1.32. The zero-order valence-corrected chi connectivity index (χ0v) is 17.8. The van der Waals surface area contributed by atoms with Gasteiger partial charge in [-0.25, -0.2) is 0 Å². The number of hydrogen-bond acceptors (Lipinski definition) is 4. The molecule has 5 nitrogen and oxygen atoms in total. The SMILES string of the molecule is CCCCc1cn(C(C)(C)C)s/c1=N\S(=O)(=O)c1cccc2cccnc12. The summed E-state index contributed by atoms with van der Waals surface area (Å²) in [6, 6.07) is 8.81. The van der Waals surface area contributed by atoms with Crippen molar-refractivity contribution in [2.75, 3.05) is 0 Å². The Morgan fingerprint density at radius 2 is 1.93 bits per heavy atom. The molecule has 0 aliphatic rings. The molecule has 3 rings (SSSR count). The van der Waals surface area contributed by atoms with Crippen LogP contribution in [0.3, 0.4) is 0 Å². The largest absolute Gasteiger partial charge is 0.298 e. The summed E-state index contributed by atoms with van der Waals surface area (Å²) >= 11 is 1.39. The van der Waals surface area contributed by atoms with Gasteiger partial charge < -0.3 is 0 Å². The smallest absolute Gasteiger partial charge is 0.285 e. The second-order valence-corrected chi connectivity index (χ2v) is 10.1. The normalized spacial score (nSPS) is 13.4. The molecule has 144 valence electrons. The highest BCUT2D eigenvalue weighted by Gasteiger charge is 2.20. The molecule has 27 heavy (non-hydrogen) atoms. The molecule has 1 aromatic carbocycles. The van der Waals surface area contributed by atoms with Crippen molar-refractivity contribution < 1.29 is 8.42 Å². The molecule has 0 unspecified atom stereocenters. The molecule has 0 amide bonds. The first kappa shape index (κ1) is 19.8. The third-order valence-electron chi connectivity index (χ3n) is 4.27. The number of nitrogens with zero attached hydrogens (tertiary/aromatic N) is 3. The van der Waals surface area contributed by atoms with Gasteiger partial charge >= 0.3 is 0 Å². The van der Waals surface area contributed by atoms with Crippen molar-refractivity contribution in [3.63, 3.8) is 0 Å². The van der Waals surface area contributed by atoms with Crippen molar-refractivity contribution in [3.05, 3.63) is 53.0 Å². The van der Waals surface area contributed by atoms with Crippen LogP contribution >= 0.6 is 11.5 Å². The average Bonchev–Trinajstić information content (AvgIpc) is 3.01. The molecule has 0 N–H and O–H groups in total. The molecule has 0 atom stereocenters. The molecule has 0 saturated carbocycles. The third kappa shape index (κ3) is 4.30. The number of rotatable bonds is 5. The summed E-state index contributed by atoms with van der Waals surface area (Å²) in [7, 11) is -3.86. The zero-order valence-electron chi connectivity index (χ0n) is 16.1. The maximum absolute atomic E-state index is 13.1. The van der Waals surface area contributed by atoms with Gasteiger partial charge in [-0.2, -0.15) is 8.42 Å². The highest BCUT2D eigenvalue weighted by atomic mass is 32.2. The van der Waals surface area contributed by atoms with E-state index in [-0.39, 0.29) is 10.4 Å². The molecule has 2 heterocycles. The van der Waals surface area contributed by atoms with Gasteiger partial charge in [-0.05, 0) is 57.3 Å². The number of aryl methyl sites for hydroxylation is 1. The predicted molar refractivity (Wildman–Crippen MR) is 110 cm³/mol. The minimum Gasteiger partial charge on any atom is -0.298 e. The van der Waals surface area contributed by atoms with E-state index < -0.39 is 10.0 Å². The molecule has 0 aliphatic heterocycles. The summed E-state index contributed by atoms with van der Waals surface area (Å²) in [6.07, 6.45) is 6.51. The number of unbranched alkanes of at least 4 members (excludes halogenated alkanes) is 1. The fourth-order valence-electron chi connectivity index (χ4n) is 2.76. The number of benzene rings is 1. The molecule has 2 aromatic heterocycles. The lowest BCUT2D eigenvalue weighted by molar-refractivity contribution is 0.427. The summed E-state index contributed by atoms with van der Waals surface area (Å²) in [5, 5.41) is 0.788. The third-order valence-corrected chi connectivity index (χ3v) is 7.07. The standard InChI is InChI=1S/C20H25N3O2S2/c1-5-6-9-16-14-23(20(2,3)4)26-19(16)22-27(24,25)17-12-7-10-15-11-8-13-21-18(15)17/h7-8,10-14H,5-6,9H2,1-4H3/b22-19-. The van der Waals surface area contributed by atoms with Gasteiger partial charge in [0, 0.05) is 28.9 Å². The van der Waals surface area contributed by atoms with E-state index in [0.29, 0.717) is 10.2 Å². The highest BCUT2D eigenvalue weighted by molar-refractivity contribution is 7.90. The van der Waals surface area contributed by atoms with Crippen molar-refractivity contribution in [2.45, 2.75) is 57.4 Å². The number of hydrogen-bond donors (Lipinski definition) is 0. The molecular formula is C20H25N3O2S2. The van der Waals surface area contributed by atoms with E-state index in [0.717, 1.165) is 30.2 Å². The van der Waals surface area contributed by atoms with Crippen LogP contribution in [0.1, 0.15) is 46.1 Å². The summed E-state index contributed by atoms with van der Waals surface area (Å²) < 4.78 is 33.0. The number of pyridine rings is 1. The van der Waals surface area contributed by atoms with E-state index >= 15 is 0 Å². The van der Waals surface area contributed by atoms with E-state index in [1.807, 2.05) is 18.3 Å². The number of sulfonamides is 1. The van der Waals surface area contributed by atoms with Crippen molar-refractivity contribution in [1.29, 1.82) is 0 Å². The Balaban J connectivity index is 2.18. The van der Waals surface area contributed by atoms with Crippen LogP contribution in [0, 0.1) is 0 Å². The molecule has 0 fully saturated rings. The van der Waals surface area contributed by atoms with Crippen LogP contribution in [0.2, 0.25) is 0 Å². The van der Waals surface area contributed by atoms with Crippen LogP contribution in [0.25, 0.3) is 10.9 Å². The first-order chi connectivity index (χ1) is 12.7. The van der Waals surface area contributed by atoms with Gasteiger partial charge in [0.15, 0.2) is 4.67 Å². The Bertz CT molecular complexity index is 1110. The minimum atomic E-state index is -3.86. The molecule has 0 aliphatic carbocycles. The van der Waals surface area contributed by atoms with Crippen molar-refractivity contribution in [1.82, 2.24) is 8.94 Å². The number of para-hydroxylation sites is 1. The molecule has 3 aromatic rings. The number of fused-ring (bicyclic) bond motifs is 1. The van der Waals surface area contributed by atoms with E-state index in [1.54, 1.807) is 24.4 Å².